The van der Waals surface area contributed by atoms with Crippen LogP contribution in [0.3, 0.4) is 0 Å². The maximum Gasteiger partial charge on any atom is 0.238 e. The molecule has 0 aromatic heterocycles. The molecule has 0 amide bonds. The van der Waals surface area contributed by atoms with Crippen LogP contribution in [0.1, 0.15) is 22.3 Å². The van der Waals surface area contributed by atoms with E-state index in [-0.39, 0.29) is 11.1 Å². The maximum absolute atomic E-state index is 11.5. The lowest BCUT2D eigenvalue weighted by Crippen LogP contribution is -2.31. The molecule has 0 spiro atoms. The van der Waals surface area contributed by atoms with E-state index in [0.29, 0.717) is 11.1 Å². The quantitative estimate of drug-likeness (QED) is 0.408. The predicted molar refractivity (Wildman–Crippen MR) is 113 cm³/mol. The van der Waals surface area contributed by atoms with Crippen molar-refractivity contribution < 1.29 is 19.2 Å². The fourth-order valence-electron chi connectivity index (χ4n) is 3.56. The Morgan fingerprint density at radius 3 is 1.00 bits per heavy atom. The lowest BCUT2D eigenvalue weighted by atomic mass is 9.81. The molecular weight excluding hydrogens is 408 g/mol. The molecule has 3 aromatic carbocycles. The summed E-state index contributed by atoms with van der Waals surface area (Å²) in [5, 5.41) is 0. The Labute approximate surface area is 182 Å². The van der Waals surface area contributed by atoms with E-state index in [2.05, 4.69) is 20.0 Å². The summed E-state index contributed by atoms with van der Waals surface area (Å²) < 4.78 is 0. The molecule has 0 N–H and O–H groups in total. The second kappa shape index (κ2) is 9.79. The Balaban J connectivity index is 2.53. The topological polar surface area (TPSA) is 118 Å². The van der Waals surface area contributed by atoms with Gasteiger partial charge < -0.3 is 0 Å². The zero-order chi connectivity index (χ0) is 22.9. The highest BCUT2D eigenvalue weighted by atomic mass is 16.1. The second-order valence-electron chi connectivity index (χ2n) is 6.43. The minimum atomic E-state index is -1.92. The molecule has 8 heteroatoms. The van der Waals surface area contributed by atoms with Gasteiger partial charge in [-0.3, -0.25) is 0 Å². The Kier molecular flexibility index (Phi) is 6.69. The van der Waals surface area contributed by atoms with Gasteiger partial charge in [0.1, 0.15) is 0 Å². The number of benzene rings is 3. The molecule has 0 saturated heterocycles. The van der Waals surface area contributed by atoms with Gasteiger partial charge in [0.15, 0.2) is 0 Å². The Morgan fingerprint density at radius 1 is 0.438 bits per heavy atom. The molecule has 0 fully saturated rings. The highest BCUT2D eigenvalue weighted by molar-refractivity contribution is 5.57. The van der Waals surface area contributed by atoms with E-state index < -0.39 is 11.3 Å². The van der Waals surface area contributed by atoms with Crippen molar-refractivity contribution in [3.8, 4) is 0 Å². The zero-order valence-electron chi connectivity index (χ0n) is 16.5. The van der Waals surface area contributed by atoms with Gasteiger partial charge in [-0.15, -0.1) is 0 Å². The Hall–Kier alpha value is -4.82. The first-order valence-corrected chi connectivity index (χ1v) is 9.25. The van der Waals surface area contributed by atoms with E-state index in [1.54, 1.807) is 72.8 Å². The molecular formula is C24H14N4O4. The fourth-order valence-corrected chi connectivity index (χ4v) is 3.56. The van der Waals surface area contributed by atoms with Crippen molar-refractivity contribution in [3.63, 3.8) is 0 Å². The smallest absolute Gasteiger partial charge is 0.211 e. The molecule has 0 aliphatic carbocycles. The van der Waals surface area contributed by atoms with Gasteiger partial charge in [0.05, 0.1) is 0 Å². The number of aliphatic imine (C=N–C) groups is 4. The van der Waals surface area contributed by atoms with Gasteiger partial charge in [0, 0.05) is 22.3 Å². The third kappa shape index (κ3) is 3.81. The van der Waals surface area contributed by atoms with Crippen molar-refractivity contribution >= 4 is 24.3 Å². The average Bonchev–Trinajstić information content (AvgIpc) is 2.85. The molecule has 3 aromatic rings. The lowest BCUT2D eigenvalue weighted by molar-refractivity contribution is 0.486. The molecule has 0 radical (unpaired) electrons. The summed E-state index contributed by atoms with van der Waals surface area (Å²) in [6.07, 6.45) is 5.84. The van der Waals surface area contributed by atoms with Crippen LogP contribution in [-0.2, 0) is 30.5 Å². The minimum Gasteiger partial charge on any atom is -0.211 e. The van der Waals surface area contributed by atoms with Gasteiger partial charge in [-0.1, -0.05) is 84.9 Å². The average molecular weight is 422 g/mol. The van der Waals surface area contributed by atoms with Crippen LogP contribution >= 0.6 is 0 Å². The standard InChI is InChI=1S/C24H14N4O4/c29-15-25-23(26-16-30,19-9-3-1-4-10-19)21-13-7-8-14-22(21)24(27-17-31,28-18-32)20-11-5-2-6-12-20/h1-14H. The molecule has 3 rings (SSSR count). The molecule has 0 unspecified atom stereocenters. The van der Waals surface area contributed by atoms with E-state index >= 15 is 0 Å². The van der Waals surface area contributed by atoms with Crippen LogP contribution in [0.15, 0.2) is 105 Å². The van der Waals surface area contributed by atoms with Crippen LogP contribution in [0.2, 0.25) is 0 Å². The summed E-state index contributed by atoms with van der Waals surface area (Å²) in [7, 11) is 0. The number of nitrogens with zero attached hydrogens (tertiary/aromatic N) is 4. The Bertz CT molecular complexity index is 1160. The van der Waals surface area contributed by atoms with E-state index in [1.165, 1.54) is 36.5 Å². The van der Waals surface area contributed by atoms with Gasteiger partial charge in [0.25, 0.3) is 0 Å². The summed E-state index contributed by atoms with van der Waals surface area (Å²) in [5.74, 6) is 0. The minimum absolute atomic E-state index is 0.153. The molecule has 0 aliphatic rings. The Morgan fingerprint density at radius 2 is 0.719 bits per heavy atom. The van der Waals surface area contributed by atoms with Crippen molar-refractivity contribution in [1.82, 2.24) is 0 Å². The van der Waals surface area contributed by atoms with Gasteiger partial charge in [-0.05, 0) is 0 Å². The number of hydrogen-bond acceptors (Lipinski definition) is 8. The first kappa shape index (κ1) is 21.9. The van der Waals surface area contributed by atoms with Crippen LogP contribution < -0.4 is 0 Å². The fraction of sp³-hybridized carbons (Fsp3) is 0.0833. The summed E-state index contributed by atoms with van der Waals surface area (Å²) in [6, 6.07) is 22.9. The summed E-state index contributed by atoms with van der Waals surface area (Å²) >= 11 is 0. The summed E-state index contributed by atoms with van der Waals surface area (Å²) in [6.45, 7) is 0. The molecule has 0 atom stereocenters. The van der Waals surface area contributed by atoms with Gasteiger partial charge >= 0.3 is 0 Å². The van der Waals surface area contributed by atoms with Crippen molar-refractivity contribution in [2.75, 3.05) is 0 Å². The number of isocyanates is 4. The highest BCUT2D eigenvalue weighted by Crippen LogP contribution is 2.44. The largest absolute Gasteiger partial charge is 0.238 e. The molecule has 0 saturated carbocycles. The molecule has 154 valence electrons. The van der Waals surface area contributed by atoms with Crippen LogP contribution in [0.4, 0.5) is 0 Å². The molecule has 32 heavy (non-hydrogen) atoms. The van der Waals surface area contributed by atoms with Crippen LogP contribution in [0, 0.1) is 0 Å². The number of hydrogen-bond donors (Lipinski definition) is 0. The van der Waals surface area contributed by atoms with Gasteiger partial charge in [0.2, 0.25) is 35.6 Å². The highest BCUT2D eigenvalue weighted by Gasteiger charge is 2.44. The SMILES string of the molecule is O=C=NC(N=C=O)(c1ccccc1)c1ccccc1C(N=C=O)(N=C=O)c1ccccc1. The predicted octanol–water partition coefficient (Wildman–Crippen LogP) is 3.43. The van der Waals surface area contributed by atoms with E-state index in [4.69, 9.17) is 0 Å². The van der Waals surface area contributed by atoms with Crippen molar-refractivity contribution in [1.29, 1.82) is 0 Å². The van der Waals surface area contributed by atoms with Gasteiger partial charge in [-0.2, -0.15) is 20.0 Å². The lowest BCUT2D eigenvalue weighted by Gasteiger charge is -2.31. The van der Waals surface area contributed by atoms with Crippen molar-refractivity contribution in [3.05, 3.63) is 107 Å². The number of rotatable bonds is 8. The van der Waals surface area contributed by atoms with Crippen LogP contribution in [-0.4, -0.2) is 24.3 Å². The first-order valence-electron chi connectivity index (χ1n) is 9.25. The van der Waals surface area contributed by atoms with E-state index in [0.717, 1.165) is 0 Å². The summed E-state index contributed by atoms with van der Waals surface area (Å²) in [5.41, 5.74) is -2.85. The third-order valence-electron chi connectivity index (χ3n) is 4.86. The third-order valence-corrected chi connectivity index (χ3v) is 4.86. The van der Waals surface area contributed by atoms with Gasteiger partial charge in [-0.25, -0.2) is 19.2 Å². The molecule has 8 nitrogen and oxygen atoms in total. The normalized spacial score (nSPS) is 13.5. The first-order chi connectivity index (χ1) is 15.7. The van der Waals surface area contributed by atoms with Crippen molar-refractivity contribution in [2.45, 2.75) is 11.3 Å². The number of carbonyl (C=O) groups excluding carboxylic acids is 4. The maximum atomic E-state index is 11.5. The second-order valence-corrected chi connectivity index (χ2v) is 6.43. The monoisotopic (exact) mass is 422 g/mol. The zero-order valence-corrected chi connectivity index (χ0v) is 16.5. The van der Waals surface area contributed by atoms with Crippen LogP contribution in [0.5, 0.6) is 0 Å². The molecule has 0 bridgehead atoms. The van der Waals surface area contributed by atoms with E-state index in [1.807, 2.05) is 0 Å². The van der Waals surface area contributed by atoms with E-state index in [9.17, 15) is 19.2 Å². The molecule has 0 aliphatic heterocycles. The van der Waals surface area contributed by atoms with Crippen molar-refractivity contribution in [2.24, 2.45) is 20.0 Å². The summed E-state index contributed by atoms with van der Waals surface area (Å²) in [4.78, 5) is 61.3. The van der Waals surface area contributed by atoms with Crippen LogP contribution in [0.25, 0.3) is 0 Å². The molecule has 0 heterocycles.